The van der Waals surface area contributed by atoms with E-state index < -0.39 is 5.91 Å². The van der Waals surface area contributed by atoms with E-state index in [0.717, 1.165) is 42.7 Å². The molecule has 2 aliphatic rings. The average Bonchev–Trinajstić information content (AvgIpc) is 2.84. The number of hydrogen-bond acceptors (Lipinski definition) is 8. The number of carbonyl (C=O) groups is 1. The van der Waals surface area contributed by atoms with Gasteiger partial charge >= 0.3 is 0 Å². The summed E-state index contributed by atoms with van der Waals surface area (Å²) < 4.78 is 5.43. The highest BCUT2D eigenvalue weighted by atomic mass is 16.5. The molecule has 0 radical (unpaired) electrons. The lowest BCUT2D eigenvalue weighted by Crippen LogP contribution is -2.36. The molecule has 1 unspecified atom stereocenters. The SMILES string of the molecule is Nc1ncc(-c2ccc3c(c2)CC(O)CC3)nc1C(=O)Nc1cnccc1N1CCOCC1. The highest BCUT2D eigenvalue weighted by Gasteiger charge is 2.21. The van der Waals surface area contributed by atoms with Crippen molar-refractivity contribution in [3.05, 3.63) is 59.7 Å². The van der Waals surface area contributed by atoms with Crippen molar-refractivity contribution >= 4 is 23.1 Å². The number of amides is 1. The van der Waals surface area contributed by atoms with Crippen LogP contribution in [0.15, 0.2) is 42.9 Å². The van der Waals surface area contributed by atoms with Crippen molar-refractivity contribution in [2.24, 2.45) is 0 Å². The van der Waals surface area contributed by atoms with Crippen molar-refractivity contribution in [2.75, 3.05) is 42.3 Å². The molecule has 1 aliphatic carbocycles. The quantitative estimate of drug-likeness (QED) is 0.556. The van der Waals surface area contributed by atoms with Gasteiger partial charge in [0.2, 0.25) is 0 Å². The van der Waals surface area contributed by atoms with E-state index in [-0.39, 0.29) is 17.6 Å². The highest BCUT2D eigenvalue weighted by molar-refractivity contribution is 6.07. The number of aliphatic hydroxyl groups excluding tert-OH is 1. The van der Waals surface area contributed by atoms with E-state index in [1.165, 1.54) is 5.56 Å². The van der Waals surface area contributed by atoms with Crippen LogP contribution < -0.4 is 16.0 Å². The van der Waals surface area contributed by atoms with Crippen LogP contribution in [-0.4, -0.2) is 58.4 Å². The summed E-state index contributed by atoms with van der Waals surface area (Å²) in [7, 11) is 0. The Morgan fingerprint density at radius 1 is 1.18 bits per heavy atom. The number of carbonyl (C=O) groups excluding carboxylic acids is 1. The van der Waals surface area contributed by atoms with Crippen molar-refractivity contribution in [3.63, 3.8) is 0 Å². The molecular weight excluding hydrogens is 420 g/mol. The summed E-state index contributed by atoms with van der Waals surface area (Å²) in [5.74, 6) is -0.390. The molecule has 1 amide bonds. The molecule has 1 saturated heterocycles. The van der Waals surface area contributed by atoms with Crippen LogP contribution in [0.1, 0.15) is 28.0 Å². The zero-order valence-corrected chi connectivity index (χ0v) is 18.2. The number of nitrogens with two attached hydrogens (primary N) is 1. The Bertz CT molecular complexity index is 1180. The van der Waals surface area contributed by atoms with E-state index >= 15 is 0 Å². The lowest BCUT2D eigenvalue weighted by atomic mass is 9.88. The first kappa shape index (κ1) is 21.3. The molecule has 1 fully saturated rings. The number of nitrogen functional groups attached to an aromatic ring is 1. The average molecular weight is 447 g/mol. The van der Waals surface area contributed by atoms with E-state index in [0.29, 0.717) is 31.0 Å². The van der Waals surface area contributed by atoms with Gasteiger partial charge in [-0.1, -0.05) is 12.1 Å². The molecule has 1 atom stereocenters. The van der Waals surface area contributed by atoms with Crippen LogP contribution in [0, 0.1) is 0 Å². The third kappa shape index (κ3) is 4.50. The number of nitrogens with zero attached hydrogens (tertiary/aromatic N) is 4. The molecule has 3 heterocycles. The summed E-state index contributed by atoms with van der Waals surface area (Å²) >= 11 is 0. The maximum Gasteiger partial charge on any atom is 0.278 e. The second-order valence-corrected chi connectivity index (χ2v) is 8.32. The van der Waals surface area contributed by atoms with Crippen LogP contribution in [-0.2, 0) is 17.6 Å². The molecule has 2 aromatic heterocycles. The fourth-order valence-corrected chi connectivity index (χ4v) is 4.35. The number of morpholine rings is 1. The van der Waals surface area contributed by atoms with Gasteiger partial charge in [-0.15, -0.1) is 0 Å². The first-order chi connectivity index (χ1) is 16.1. The first-order valence-electron chi connectivity index (χ1n) is 11.1. The van der Waals surface area contributed by atoms with E-state index in [9.17, 15) is 9.90 Å². The van der Waals surface area contributed by atoms with Gasteiger partial charge in [0.1, 0.15) is 0 Å². The molecule has 4 N–H and O–H groups in total. The maximum atomic E-state index is 13.1. The summed E-state index contributed by atoms with van der Waals surface area (Å²) in [5, 5.41) is 12.9. The Balaban J connectivity index is 1.41. The fraction of sp³-hybridized carbons (Fsp3) is 0.333. The van der Waals surface area contributed by atoms with Crippen molar-refractivity contribution in [1.82, 2.24) is 15.0 Å². The number of aryl methyl sites for hydroxylation is 1. The number of anilines is 3. The molecule has 1 aromatic carbocycles. The number of fused-ring (bicyclic) bond motifs is 1. The molecule has 33 heavy (non-hydrogen) atoms. The largest absolute Gasteiger partial charge is 0.393 e. The van der Waals surface area contributed by atoms with Crippen LogP contribution in [0.4, 0.5) is 17.2 Å². The summed E-state index contributed by atoms with van der Waals surface area (Å²) in [6.07, 6.45) is 6.80. The Hall–Kier alpha value is -3.56. The van der Waals surface area contributed by atoms with Crippen LogP contribution in [0.25, 0.3) is 11.3 Å². The minimum absolute atomic E-state index is 0.0569. The zero-order chi connectivity index (χ0) is 22.8. The topological polar surface area (TPSA) is 126 Å². The number of rotatable bonds is 4. The number of hydrogen-bond donors (Lipinski definition) is 3. The van der Waals surface area contributed by atoms with Crippen LogP contribution >= 0.6 is 0 Å². The van der Waals surface area contributed by atoms with Crippen molar-refractivity contribution in [3.8, 4) is 11.3 Å². The second-order valence-electron chi connectivity index (χ2n) is 8.32. The molecule has 3 aromatic rings. The van der Waals surface area contributed by atoms with E-state index in [2.05, 4.69) is 31.2 Å². The lowest BCUT2D eigenvalue weighted by Gasteiger charge is -2.30. The Labute approximate surface area is 191 Å². The van der Waals surface area contributed by atoms with Gasteiger partial charge in [0.25, 0.3) is 5.91 Å². The van der Waals surface area contributed by atoms with Crippen molar-refractivity contribution < 1.29 is 14.6 Å². The summed E-state index contributed by atoms with van der Waals surface area (Å²) in [5.41, 5.74) is 11.3. The van der Waals surface area contributed by atoms with Crippen LogP contribution in [0.5, 0.6) is 0 Å². The van der Waals surface area contributed by atoms with Gasteiger partial charge in [-0.2, -0.15) is 0 Å². The molecular formula is C24H26N6O3. The molecule has 0 saturated carbocycles. The lowest BCUT2D eigenvalue weighted by molar-refractivity contribution is 0.102. The Morgan fingerprint density at radius 3 is 2.88 bits per heavy atom. The van der Waals surface area contributed by atoms with Crippen LogP contribution in [0.3, 0.4) is 0 Å². The monoisotopic (exact) mass is 446 g/mol. The van der Waals surface area contributed by atoms with Crippen LogP contribution in [0.2, 0.25) is 0 Å². The van der Waals surface area contributed by atoms with Gasteiger partial charge < -0.3 is 25.8 Å². The summed E-state index contributed by atoms with van der Waals surface area (Å²) in [6, 6.07) is 7.90. The highest BCUT2D eigenvalue weighted by Crippen LogP contribution is 2.29. The number of nitrogens with one attached hydrogen (secondary N) is 1. The predicted molar refractivity (Wildman–Crippen MR) is 125 cm³/mol. The number of benzene rings is 1. The Morgan fingerprint density at radius 2 is 2.03 bits per heavy atom. The van der Waals surface area contributed by atoms with E-state index in [1.807, 2.05) is 18.2 Å². The van der Waals surface area contributed by atoms with E-state index in [1.54, 1.807) is 18.6 Å². The molecule has 1 aliphatic heterocycles. The van der Waals surface area contributed by atoms with Crippen molar-refractivity contribution in [1.29, 1.82) is 0 Å². The maximum absolute atomic E-state index is 13.1. The van der Waals surface area contributed by atoms with Gasteiger partial charge in [0.15, 0.2) is 11.5 Å². The number of ether oxygens (including phenoxy) is 1. The van der Waals surface area contributed by atoms with Gasteiger partial charge in [-0.05, 0) is 42.5 Å². The summed E-state index contributed by atoms with van der Waals surface area (Å²) in [6.45, 7) is 2.73. The Kier molecular flexibility index (Phi) is 5.89. The minimum Gasteiger partial charge on any atom is -0.393 e. The van der Waals surface area contributed by atoms with Gasteiger partial charge in [0, 0.05) is 24.8 Å². The fourth-order valence-electron chi connectivity index (χ4n) is 4.35. The smallest absolute Gasteiger partial charge is 0.278 e. The standard InChI is InChI=1S/C24H26N6O3/c25-23-22(24(32)29-20-13-26-6-5-21(20)30-7-9-33-10-8-30)28-19(14-27-23)16-2-1-15-3-4-18(31)12-17(15)11-16/h1-2,5-6,11,13-14,18,31H,3-4,7-10,12H2,(H2,25,27)(H,29,32). The first-order valence-corrected chi connectivity index (χ1v) is 11.1. The normalized spacial score (nSPS) is 18.0. The third-order valence-electron chi connectivity index (χ3n) is 6.12. The number of aliphatic hydroxyl groups is 1. The number of pyridine rings is 1. The van der Waals surface area contributed by atoms with Crippen molar-refractivity contribution in [2.45, 2.75) is 25.4 Å². The zero-order valence-electron chi connectivity index (χ0n) is 18.2. The third-order valence-corrected chi connectivity index (χ3v) is 6.12. The van der Waals surface area contributed by atoms with Gasteiger partial charge in [-0.25, -0.2) is 9.97 Å². The second kappa shape index (κ2) is 9.13. The van der Waals surface area contributed by atoms with Gasteiger partial charge in [0.05, 0.1) is 48.8 Å². The van der Waals surface area contributed by atoms with Gasteiger partial charge in [-0.3, -0.25) is 9.78 Å². The molecule has 5 rings (SSSR count). The predicted octanol–water partition coefficient (Wildman–Crippen LogP) is 2.06. The molecule has 9 heteroatoms. The number of aromatic nitrogens is 3. The molecule has 0 bridgehead atoms. The van der Waals surface area contributed by atoms with E-state index in [4.69, 9.17) is 10.5 Å². The minimum atomic E-state index is -0.447. The summed E-state index contributed by atoms with van der Waals surface area (Å²) in [4.78, 5) is 28.2. The molecule has 0 spiro atoms. The molecule has 170 valence electrons. The molecule has 9 nitrogen and oxygen atoms in total.